The molecule has 1 atom stereocenters. The number of carbonyl (C=O) groups excluding carboxylic acids is 1. The van der Waals surface area contributed by atoms with Gasteiger partial charge in [0.05, 0.1) is 13.2 Å². The van der Waals surface area contributed by atoms with Gasteiger partial charge >= 0.3 is 0 Å². The first-order valence-corrected chi connectivity index (χ1v) is 8.83. The summed E-state index contributed by atoms with van der Waals surface area (Å²) in [6, 6.07) is 7.95. The Kier molecular flexibility index (Phi) is 5.88. The van der Waals surface area contributed by atoms with Crippen LogP contribution >= 0.6 is 0 Å². The van der Waals surface area contributed by atoms with Crippen molar-refractivity contribution in [3.63, 3.8) is 0 Å². The maximum atomic E-state index is 11.3. The molecule has 1 amide bonds. The number of nitrogens with zero attached hydrogens (tertiary/aromatic N) is 3. The van der Waals surface area contributed by atoms with Crippen LogP contribution in [0.5, 0.6) is 0 Å². The molecule has 7 heteroatoms. The minimum atomic E-state index is -0.404. The predicted octanol–water partition coefficient (Wildman–Crippen LogP) is 0.267. The molecule has 2 saturated heterocycles. The fourth-order valence-corrected chi connectivity index (χ4v) is 3.52. The molecule has 1 unspecified atom stereocenters. The van der Waals surface area contributed by atoms with E-state index < -0.39 is 5.91 Å². The molecule has 0 radical (unpaired) electrons. The van der Waals surface area contributed by atoms with Crippen molar-refractivity contribution in [3.05, 3.63) is 35.4 Å². The van der Waals surface area contributed by atoms with E-state index in [4.69, 9.17) is 10.5 Å². The number of benzene rings is 1. The molecule has 1 aromatic carbocycles. The summed E-state index contributed by atoms with van der Waals surface area (Å²) in [4.78, 5) is 20.5. The van der Waals surface area contributed by atoms with E-state index in [9.17, 15) is 4.79 Å². The molecule has 136 valence electrons. The van der Waals surface area contributed by atoms with Crippen LogP contribution in [0.1, 0.15) is 22.3 Å². The van der Waals surface area contributed by atoms with Crippen LogP contribution in [0.25, 0.3) is 0 Å². The summed E-state index contributed by atoms with van der Waals surface area (Å²) in [7, 11) is 1.81. The van der Waals surface area contributed by atoms with Crippen molar-refractivity contribution < 1.29 is 9.53 Å². The van der Waals surface area contributed by atoms with Gasteiger partial charge in [-0.1, -0.05) is 12.1 Å². The second-order valence-electron chi connectivity index (χ2n) is 6.50. The van der Waals surface area contributed by atoms with Crippen LogP contribution in [0.2, 0.25) is 0 Å². The fourth-order valence-electron chi connectivity index (χ4n) is 3.52. The Labute approximate surface area is 148 Å². The fraction of sp³-hybridized carbons (Fsp3) is 0.556. The number of hydrogen-bond acceptors (Lipinski definition) is 4. The lowest BCUT2D eigenvalue weighted by Gasteiger charge is -2.32. The van der Waals surface area contributed by atoms with E-state index in [1.54, 1.807) is 6.07 Å². The number of nitrogens with one attached hydrogen (secondary N) is 1. The topological polar surface area (TPSA) is 83.2 Å². The lowest BCUT2D eigenvalue weighted by atomic mass is 10.1. The van der Waals surface area contributed by atoms with Gasteiger partial charge in [0.25, 0.3) is 0 Å². The molecule has 1 aromatic rings. The minimum Gasteiger partial charge on any atom is -0.379 e. The van der Waals surface area contributed by atoms with Crippen LogP contribution < -0.4 is 11.1 Å². The summed E-state index contributed by atoms with van der Waals surface area (Å²) in [6.45, 7) is 6.31. The van der Waals surface area contributed by atoms with Gasteiger partial charge in [-0.3, -0.25) is 14.7 Å². The Bertz CT molecular complexity index is 628. The Morgan fingerprint density at radius 1 is 1.36 bits per heavy atom. The molecule has 3 rings (SSSR count). The van der Waals surface area contributed by atoms with Crippen LogP contribution in [0.3, 0.4) is 0 Å². The van der Waals surface area contributed by atoms with Crippen LogP contribution in [-0.4, -0.2) is 74.1 Å². The molecule has 2 fully saturated rings. The van der Waals surface area contributed by atoms with Crippen molar-refractivity contribution >= 4 is 11.9 Å². The van der Waals surface area contributed by atoms with Gasteiger partial charge in [-0.15, -0.1) is 0 Å². The van der Waals surface area contributed by atoms with E-state index in [-0.39, 0.29) is 0 Å². The van der Waals surface area contributed by atoms with E-state index in [0.29, 0.717) is 18.2 Å². The van der Waals surface area contributed by atoms with Crippen molar-refractivity contribution in [2.45, 2.75) is 19.0 Å². The monoisotopic (exact) mass is 345 g/mol. The van der Waals surface area contributed by atoms with E-state index in [1.165, 1.54) is 0 Å². The number of nitrogens with two attached hydrogens (primary N) is 1. The van der Waals surface area contributed by atoms with Crippen LogP contribution in [0, 0.1) is 0 Å². The molecule has 2 heterocycles. The zero-order valence-corrected chi connectivity index (χ0v) is 14.8. The summed E-state index contributed by atoms with van der Waals surface area (Å²) >= 11 is 0. The predicted molar refractivity (Wildman–Crippen MR) is 97.5 cm³/mol. The first-order chi connectivity index (χ1) is 12.2. The molecular formula is C18H27N5O2. The third-order valence-corrected chi connectivity index (χ3v) is 4.90. The number of amides is 1. The second kappa shape index (κ2) is 8.31. The summed E-state index contributed by atoms with van der Waals surface area (Å²) in [5.74, 6) is 0.499. The summed E-state index contributed by atoms with van der Waals surface area (Å²) < 4.78 is 5.44. The quantitative estimate of drug-likeness (QED) is 0.604. The third-order valence-electron chi connectivity index (χ3n) is 4.90. The molecule has 2 aliphatic rings. The van der Waals surface area contributed by atoms with Crippen LogP contribution in [-0.2, 0) is 11.3 Å². The number of rotatable bonds is 4. The van der Waals surface area contributed by atoms with Crippen molar-refractivity contribution in [2.75, 3.05) is 46.4 Å². The van der Waals surface area contributed by atoms with Crippen molar-refractivity contribution in [1.82, 2.24) is 15.1 Å². The summed E-state index contributed by atoms with van der Waals surface area (Å²) in [5.41, 5.74) is 6.89. The van der Waals surface area contributed by atoms with Gasteiger partial charge in [0, 0.05) is 51.4 Å². The largest absolute Gasteiger partial charge is 0.379 e. The van der Waals surface area contributed by atoms with Crippen LogP contribution in [0.15, 0.2) is 29.3 Å². The number of carbonyl (C=O) groups is 1. The average Bonchev–Trinajstić information content (AvgIpc) is 3.13. The van der Waals surface area contributed by atoms with E-state index in [2.05, 4.69) is 20.1 Å². The number of aliphatic imine (C=N–C) groups is 1. The zero-order valence-electron chi connectivity index (χ0n) is 14.8. The second-order valence-corrected chi connectivity index (χ2v) is 6.50. The number of hydrogen-bond donors (Lipinski definition) is 2. The normalized spacial score (nSPS) is 22.2. The smallest absolute Gasteiger partial charge is 0.248 e. The van der Waals surface area contributed by atoms with E-state index >= 15 is 0 Å². The highest BCUT2D eigenvalue weighted by Gasteiger charge is 2.30. The number of guanidine groups is 1. The van der Waals surface area contributed by atoms with Crippen molar-refractivity contribution in [3.8, 4) is 0 Å². The molecule has 0 aromatic heterocycles. The molecule has 2 aliphatic heterocycles. The van der Waals surface area contributed by atoms with E-state index in [1.807, 2.05) is 25.2 Å². The van der Waals surface area contributed by atoms with Gasteiger partial charge in [0.2, 0.25) is 5.91 Å². The standard InChI is InChI=1S/C18H27N5O2/c1-20-18(21-12-14-3-2-4-15(11-14)17(19)24)23-6-5-16(13-23)22-7-9-25-10-8-22/h2-4,11,16H,5-10,12-13H2,1H3,(H2,19,24)(H,20,21). The minimum absolute atomic E-state index is 0.404. The Hall–Kier alpha value is -2.12. The van der Waals surface area contributed by atoms with Crippen molar-refractivity contribution in [1.29, 1.82) is 0 Å². The number of primary amides is 1. The first-order valence-electron chi connectivity index (χ1n) is 8.83. The maximum absolute atomic E-state index is 11.3. The number of morpholine rings is 1. The van der Waals surface area contributed by atoms with Gasteiger partial charge in [-0.25, -0.2) is 0 Å². The van der Waals surface area contributed by atoms with Gasteiger partial charge < -0.3 is 20.7 Å². The van der Waals surface area contributed by atoms with Gasteiger partial charge in [-0.2, -0.15) is 0 Å². The Morgan fingerprint density at radius 2 is 2.16 bits per heavy atom. The molecule has 0 saturated carbocycles. The first kappa shape index (κ1) is 17.7. The van der Waals surface area contributed by atoms with Crippen LogP contribution in [0.4, 0.5) is 0 Å². The lowest BCUT2D eigenvalue weighted by molar-refractivity contribution is 0.0195. The summed E-state index contributed by atoms with van der Waals surface area (Å²) in [5, 5.41) is 3.40. The molecule has 0 spiro atoms. The van der Waals surface area contributed by atoms with Gasteiger partial charge in [0.1, 0.15) is 0 Å². The SMILES string of the molecule is CN=C(NCc1cccc(C(N)=O)c1)N1CCC(N2CCOCC2)C1. The van der Waals surface area contributed by atoms with Crippen molar-refractivity contribution in [2.24, 2.45) is 10.7 Å². The zero-order chi connectivity index (χ0) is 17.6. The highest BCUT2D eigenvalue weighted by atomic mass is 16.5. The van der Waals surface area contributed by atoms with Gasteiger partial charge in [-0.05, 0) is 24.1 Å². The number of likely N-dealkylation sites (tertiary alicyclic amines) is 1. The maximum Gasteiger partial charge on any atom is 0.248 e. The van der Waals surface area contributed by atoms with E-state index in [0.717, 1.165) is 57.3 Å². The molecule has 3 N–H and O–H groups in total. The highest BCUT2D eigenvalue weighted by molar-refractivity contribution is 5.92. The average molecular weight is 345 g/mol. The molecular weight excluding hydrogens is 318 g/mol. The Morgan fingerprint density at radius 3 is 2.88 bits per heavy atom. The van der Waals surface area contributed by atoms with Gasteiger partial charge in [0.15, 0.2) is 5.96 Å². The third kappa shape index (κ3) is 4.49. The molecule has 25 heavy (non-hydrogen) atoms. The number of ether oxygens (including phenoxy) is 1. The lowest BCUT2D eigenvalue weighted by Crippen LogP contribution is -2.46. The highest BCUT2D eigenvalue weighted by Crippen LogP contribution is 2.17. The molecule has 7 nitrogen and oxygen atoms in total. The molecule has 0 aliphatic carbocycles. The Balaban J connectivity index is 1.54. The molecule has 0 bridgehead atoms. The summed E-state index contributed by atoms with van der Waals surface area (Å²) in [6.07, 6.45) is 1.15.